The predicted molar refractivity (Wildman–Crippen MR) is 93.1 cm³/mol. The Morgan fingerprint density at radius 1 is 0.955 bits per heavy atom. The monoisotopic (exact) mass is 297 g/mol. The molecule has 22 heavy (non-hydrogen) atoms. The molecule has 0 aliphatic rings. The highest BCUT2D eigenvalue weighted by Crippen LogP contribution is 2.31. The topological polar surface area (TPSA) is 35.2 Å². The number of benzene rings is 2. The van der Waals surface area contributed by atoms with Crippen molar-refractivity contribution in [3.05, 3.63) is 65.7 Å². The molecule has 2 N–H and O–H groups in total. The average Bonchev–Trinajstić information content (AvgIpc) is 2.51. The number of nitrogens with two attached hydrogens (primary N) is 1. The summed E-state index contributed by atoms with van der Waals surface area (Å²) in [6, 6.07) is 18.6. The van der Waals surface area contributed by atoms with Crippen molar-refractivity contribution in [2.45, 2.75) is 39.7 Å². The Bertz CT molecular complexity index is 555. The molecule has 0 radical (unpaired) electrons. The predicted octanol–water partition coefficient (Wildman–Crippen LogP) is 4.74. The van der Waals surface area contributed by atoms with E-state index in [4.69, 9.17) is 10.5 Å². The summed E-state index contributed by atoms with van der Waals surface area (Å²) >= 11 is 0. The molecule has 1 unspecified atom stereocenters. The highest BCUT2D eigenvalue weighted by Gasteiger charge is 2.19. The lowest BCUT2D eigenvalue weighted by atomic mass is 9.81. The SMILES string of the molecule is CC(C)(C)CC(CN)c1ccc(OCc2ccccc2)cc1. The van der Waals surface area contributed by atoms with Crippen LogP contribution in [0, 0.1) is 5.41 Å². The summed E-state index contributed by atoms with van der Waals surface area (Å²) in [4.78, 5) is 0. The molecule has 2 heteroatoms. The minimum atomic E-state index is 0.284. The van der Waals surface area contributed by atoms with Crippen LogP contribution >= 0.6 is 0 Å². The molecule has 0 aliphatic carbocycles. The molecule has 0 saturated heterocycles. The largest absolute Gasteiger partial charge is 0.489 e. The van der Waals surface area contributed by atoms with Crippen LogP contribution < -0.4 is 10.5 Å². The number of hydrogen-bond donors (Lipinski definition) is 1. The Balaban J connectivity index is 1.97. The first-order valence-electron chi connectivity index (χ1n) is 7.95. The van der Waals surface area contributed by atoms with Gasteiger partial charge in [-0.05, 0) is 47.6 Å². The minimum absolute atomic E-state index is 0.284. The van der Waals surface area contributed by atoms with Gasteiger partial charge in [0.05, 0.1) is 0 Å². The number of hydrogen-bond acceptors (Lipinski definition) is 2. The molecule has 0 saturated carbocycles. The fraction of sp³-hybridized carbons (Fsp3) is 0.400. The third-order valence-corrected chi connectivity index (χ3v) is 3.74. The molecule has 0 fully saturated rings. The Morgan fingerprint density at radius 3 is 2.14 bits per heavy atom. The summed E-state index contributed by atoms with van der Waals surface area (Å²) in [5.41, 5.74) is 8.71. The van der Waals surface area contributed by atoms with Crippen LogP contribution in [-0.4, -0.2) is 6.54 Å². The maximum atomic E-state index is 5.95. The summed E-state index contributed by atoms with van der Waals surface area (Å²) in [6.45, 7) is 8.05. The maximum Gasteiger partial charge on any atom is 0.119 e. The molecular formula is C20H27NO. The molecule has 0 spiro atoms. The van der Waals surface area contributed by atoms with Gasteiger partial charge in [-0.3, -0.25) is 0 Å². The van der Waals surface area contributed by atoms with Gasteiger partial charge >= 0.3 is 0 Å². The van der Waals surface area contributed by atoms with E-state index in [1.54, 1.807) is 0 Å². The van der Waals surface area contributed by atoms with Gasteiger partial charge in [0.15, 0.2) is 0 Å². The van der Waals surface area contributed by atoms with Gasteiger partial charge in [0.2, 0.25) is 0 Å². The van der Waals surface area contributed by atoms with Gasteiger partial charge in [-0.25, -0.2) is 0 Å². The van der Waals surface area contributed by atoms with Crippen molar-refractivity contribution in [1.82, 2.24) is 0 Å². The van der Waals surface area contributed by atoms with Gasteiger partial charge in [0.25, 0.3) is 0 Å². The van der Waals surface area contributed by atoms with Crippen LogP contribution in [0.25, 0.3) is 0 Å². The minimum Gasteiger partial charge on any atom is -0.489 e. The summed E-state index contributed by atoms with van der Waals surface area (Å²) in [5.74, 6) is 1.31. The van der Waals surface area contributed by atoms with E-state index < -0.39 is 0 Å². The molecule has 2 aromatic carbocycles. The summed E-state index contributed by atoms with van der Waals surface area (Å²) in [6.07, 6.45) is 1.09. The maximum absolute atomic E-state index is 5.95. The van der Waals surface area contributed by atoms with Gasteiger partial charge in [-0.1, -0.05) is 63.2 Å². The van der Waals surface area contributed by atoms with Gasteiger partial charge in [0, 0.05) is 0 Å². The van der Waals surface area contributed by atoms with E-state index in [-0.39, 0.29) is 5.41 Å². The van der Waals surface area contributed by atoms with E-state index in [1.807, 2.05) is 30.3 Å². The van der Waals surface area contributed by atoms with Gasteiger partial charge in [-0.2, -0.15) is 0 Å². The van der Waals surface area contributed by atoms with Crippen molar-refractivity contribution in [1.29, 1.82) is 0 Å². The Morgan fingerprint density at radius 2 is 1.59 bits per heavy atom. The highest BCUT2D eigenvalue weighted by molar-refractivity contribution is 5.30. The highest BCUT2D eigenvalue weighted by atomic mass is 16.5. The molecule has 2 aromatic rings. The van der Waals surface area contributed by atoms with E-state index in [1.165, 1.54) is 11.1 Å². The van der Waals surface area contributed by atoms with Crippen molar-refractivity contribution in [3.63, 3.8) is 0 Å². The van der Waals surface area contributed by atoms with Crippen LogP contribution in [0.1, 0.15) is 44.2 Å². The van der Waals surface area contributed by atoms with Crippen LogP contribution in [0.4, 0.5) is 0 Å². The Kier molecular flexibility index (Phi) is 5.62. The lowest BCUT2D eigenvalue weighted by molar-refractivity contribution is 0.306. The van der Waals surface area contributed by atoms with Gasteiger partial charge in [-0.15, -0.1) is 0 Å². The molecule has 2 rings (SSSR count). The zero-order chi connectivity index (χ0) is 16.0. The summed E-state index contributed by atoms with van der Waals surface area (Å²) in [5, 5.41) is 0. The van der Waals surface area contributed by atoms with E-state index in [0.29, 0.717) is 19.1 Å². The first-order chi connectivity index (χ1) is 10.5. The van der Waals surface area contributed by atoms with Crippen molar-refractivity contribution in [2.24, 2.45) is 11.1 Å². The molecule has 0 heterocycles. The van der Waals surface area contributed by atoms with Crippen molar-refractivity contribution >= 4 is 0 Å². The molecule has 2 nitrogen and oxygen atoms in total. The lowest BCUT2D eigenvalue weighted by Gasteiger charge is -2.25. The lowest BCUT2D eigenvalue weighted by Crippen LogP contribution is -2.19. The Labute approximate surface area is 134 Å². The van der Waals surface area contributed by atoms with E-state index in [9.17, 15) is 0 Å². The molecule has 0 amide bonds. The summed E-state index contributed by atoms with van der Waals surface area (Å²) < 4.78 is 5.83. The number of ether oxygens (including phenoxy) is 1. The van der Waals surface area contributed by atoms with Crippen molar-refractivity contribution in [3.8, 4) is 5.75 Å². The quantitative estimate of drug-likeness (QED) is 0.835. The fourth-order valence-corrected chi connectivity index (χ4v) is 2.65. The zero-order valence-electron chi connectivity index (χ0n) is 13.9. The molecule has 1 atom stereocenters. The zero-order valence-corrected chi connectivity index (χ0v) is 13.9. The van der Waals surface area contributed by atoms with Crippen molar-refractivity contribution < 1.29 is 4.74 Å². The molecular weight excluding hydrogens is 270 g/mol. The van der Waals surface area contributed by atoms with Gasteiger partial charge < -0.3 is 10.5 Å². The van der Waals surface area contributed by atoms with Crippen LogP contribution in [0.15, 0.2) is 54.6 Å². The second-order valence-corrected chi connectivity index (χ2v) is 7.04. The van der Waals surface area contributed by atoms with Gasteiger partial charge in [0.1, 0.15) is 12.4 Å². The van der Waals surface area contributed by atoms with E-state index in [2.05, 4.69) is 45.0 Å². The average molecular weight is 297 g/mol. The molecule has 0 bridgehead atoms. The van der Waals surface area contributed by atoms with E-state index in [0.717, 1.165) is 12.2 Å². The van der Waals surface area contributed by atoms with Crippen LogP contribution in [-0.2, 0) is 6.61 Å². The molecule has 118 valence electrons. The van der Waals surface area contributed by atoms with Crippen molar-refractivity contribution in [2.75, 3.05) is 6.54 Å². The Hall–Kier alpha value is -1.80. The van der Waals surface area contributed by atoms with Crippen LogP contribution in [0.3, 0.4) is 0 Å². The third-order valence-electron chi connectivity index (χ3n) is 3.74. The second-order valence-electron chi connectivity index (χ2n) is 7.04. The summed E-state index contributed by atoms with van der Waals surface area (Å²) in [7, 11) is 0. The smallest absolute Gasteiger partial charge is 0.119 e. The standard InChI is InChI=1S/C20H27NO/c1-20(2,3)13-18(14-21)17-9-11-19(12-10-17)22-15-16-7-5-4-6-8-16/h4-12,18H,13-15,21H2,1-3H3. The first-order valence-corrected chi connectivity index (χ1v) is 7.95. The second kappa shape index (κ2) is 7.46. The third kappa shape index (κ3) is 5.19. The number of rotatable bonds is 6. The first kappa shape index (κ1) is 16.6. The van der Waals surface area contributed by atoms with Crippen LogP contribution in [0.2, 0.25) is 0 Å². The normalized spacial score (nSPS) is 12.9. The molecule has 0 aromatic heterocycles. The van der Waals surface area contributed by atoms with E-state index >= 15 is 0 Å². The molecule has 0 aliphatic heterocycles. The fourth-order valence-electron chi connectivity index (χ4n) is 2.65. The van der Waals surface area contributed by atoms with Crippen LogP contribution in [0.5, 0.6) is 5.75 Å².